The lowest BCUT2D eigenvalue weighted by Crippen LogP contribution is -2.45. The fourth-order valence-electron chi connectivity index (χ4n) is 2.14. The first-order chi connectivity index (χ1) is 10.4. The number of nitrogens with one attached hydrogen (secondary N) is 3. The molecule has 0 aromatic heterocycles. The highest BCUT2D eigenvalue weighted by Crippen LogP contribution is 2.22. The Bertz CT molecular complexity index is 533. The first kappa shape index (κ1) is 16.3. The van der Waals surface area contributed by atoms with Crippen LogP contribution >= 0.6 is 0 Å². The molecule has 0 atom stereocenters. The molecule has 3 N–H and O–H groups in total. The van der Waals surface area contributed by atoms with Gasteiger partial charge in [0.1, 0.15) is 0 Å². The second-order valence-corrected chi connectivity index (χ2v) is 6.63. The van der Waals surface area contributed by atoms with E-state index in [0.717, 1.165) is 12.8 Å². The molecular weight excluding hydrogens is 278 g/mol. The molecule has 22 heavy (non-hydrogen) atoms. The molecule has 3 amide bonds. The number of hydrogen-bond donors (Lipinski definition) is 3. The Balaban J connectivity index is 1.74. The Morgan fingerprint density at radius 2 is 1.77 bits per heavy atom. The zero-order valence-electron chi connectivity index (χ0n) is 13.5. The van der Waals surface area contributed by atoms with Gasteiger partial charge < -0.3 is 16.0 Å². The average molecular weight is 303 g/mol. The van der Waals surface area contributed by atoms with Crippen molar-refractivity contribution in [1.29, 1.82) is 0 Å². The minimum atomic E-state index is -0.314. The van der Waals surface area contributed by atoms with E-state index in [1.54, 1.807) is 0 Å². The monoisotopic (exact) mass is 303 g/mol. The largest absolute Gasteiger partial charge is 0.352 e. The van der Waals surface area contributed by atoms with Crippen LogP contribution in [0, 0.1) is 6.92 Å². The van der Waals surface area contributed by atoms with Gasteiger partial charge in [-0.25, -0.2) is 4.79 Å². The molecule has 0 radical (unpaired) electrons. The van der Waals surface area contributed by atoms with Crippen molar-refractivity contribution in [3.8, 4) is 0 Å². The van der Waals surface area contributed by atoms with Gasteiger partial charge in [-0.3, -0.25) is 4.79 Å². The summed E-state index contributed by atoms with van der Waals surface area (Å²) in [6.45, 7) is 6.74. The van der Waals surface area contributed by atoms with Gasteiger partial charge in [-0.1, -0.05) is 43.7 Å². The number of benzene rings is 1. The van der Waals surface area contributed by atoms with E-state index < -0.39 is 0 Å². The lowest BCUT2D eigenvalue weighted by atomic mass is 9.84. The van der Waals surface area contributed by atoms with Gasteiger partial charge in [-0.2, -0.15) is 0 Å². The Hall–Kier alpha value is -2.04. The highest BCUT2D eigenvalue weighted by Gasteiger charge is 2.24. The summed E-state index contributed by atoms with van der Waals surface area (Å²) in [6, 6.07) is 8.30. The molecule has 1 aromatic rings. The van der Waals surface area contributed by atoms with Gasteiger partial charge in [-0.05, 0) is 25.3 Å². The third kappa shape index (κ3) is 5.06. The maximum Gasteiger partial charge on any atom is 0.315 e. The van der Waals surface area contributed by atoms with Crippen molar-refractivity contribution in [1.82, 2.24) is 16.0 Å². The Morgan fingerprint density at radius 3 is 2.36 bits per heavy atom. The molecule has 0 bridgehead atoms. The van der Waals surface area contributed by atoms with Gasteiger partial charge in [0.25, 0.3) is 0 Å². The molecule has 0 saturated heterocycles. The first-order valence-electron chi connectivity index (χ1n) is 7.75. The Kier molecular flexibility index (Phi) is 5.06. The van der Waals surface area contributed by atoms with Crippen LogP contribution < -0.4 is 16.0 Å². The molecule has 0 unspecified atom stereocenters. The Morgan fingerprint density at radius 1 is 1.14 bits per heavy atom. The fraction of sp³-hybridized carbons (Fsp3) is 0.529. The molecule has 1 aliphatic rings. The van der Waals surface area contributed by atoms with Gasteiger partial charge in [0.2, 0.25) is 5.91 Å². The number of carbonyl (C=O) groups is 2. The minimum absolute atomic E-state index is 0.0211. The van der Waals surface area contributed by atoms with E-state index in [4.69, 9.17) is 0 Å². The maximum atomic E-state index is 11.8. The summed E-state index contributed by atoms with van der Waals surface area (Å²) in [5.41, 5.74) is 2.22. The molecule has 0 heterocycles. The number of carbonyl (C=O) groups excluding carboxylic acids is 2. The van der Waals surface area contributed by atoms with Crippen LogP contribution in [-0.2, 0) is 10.2 Å². The smallest absolute Gasteiger partial charge is 0.315 e. The van der Waals surface area contributed by atoms with Gasteiger partial charge in [-0.15, -0.1) is 0 Å². The van der Waals surface area contributed by atoms with E-state index >= 15 is 0 Å². The van der Waals surface area contributed by atoms with Crippen LogP contribution in [0.5, 0.6) is 0 Å². The van der Waals surface area contributed by atoms with E-state index in [2.05, 4.69) is 61.0 Å². The molecule has 1 fully saturated rings. The quantitative estimate of drug-likeness (QED) is 0.750. The second kappa shape index (κ2) is 6.81. The standard InChI is InChI=1S/C17H25N3O2/c1-12-4-6-13(7-5-12)17(2,3)11-19-16(22)18-10-15(21)20-14-8-9-14/h4-7,14H,8-11H2,1-3H3,(H,20,21)(H2,18,19,22). The third-order valence-corrected chi connectivity index (χ3v) is 3.88. The van der Waals surface area contributed by atoms with E-state index in [-0.39, 0.29) is 23.9 Å². The van der Waals surface area contributed by atoms with Crippen molar-refractivity contribution in [3.05, 3.63) is 35.4 Å². The van der Waals surface area contributed by atoms with Crippen LogP contribution in [0.15, 0.2) is 24.3 Å². The molecule has 0 aliphatic heterocycles. The second-order valence-electron chi connectivity index (χ2n) is 6.63. The van der Waals surface area contributed by atoms with Crippen LogP contribution in [0.1, 0.15) is 37.8 Å². The van der Waals surface area contributed by atoms with Gasteiger partial charge >= 0.3 is 6.03 Å². The molecule has 5 heteroatoms. The summed E-state index contributed by atoms with van der Waals surface area (Å²) < 4.78 is 0. The van der Waals surface area contributed by atoms with E-state index in [1.165, 1.54) is 11.1 Å². The van der Waals surface area contributed by atoms with Crippen molar-refractivity contribution < 1.29 is 9.59 Å². The van der Waals surface area contributed by atoms with Crippen molar-refractivity contribution in [2.75, 3.05) is 13.1 Å². The van der Waals surface area contributed by atoms with E-state index in [0.29, 0.717) is 12.6 Å². The van der Waals surface area contributed by atoms with Crippen molar-refractivity contribution in [2.24, 2.45) is 0 Å². The van der Waals surface area contributed by atoms with Gasteiger partial charge in [0.05, 0.1) is 6.54 Å². The molecule has 1 aliphatic carbocycles. The summed E-state index contributed by atoms with van der Waals surface area (Å²) in [7, 11) is 0. The topological polar surface area (TPSA) is 70.2 Å². The number of hydrogen-bond acceptors (Lipinski definition) is 2. The first-order valence-corrected chi connectivity index (χ1v) is 7.75. The van der Waals surface area contributed by atoms with Crippen LogP contribution in [0.2, 0.25) is 0 Å². The molecule has 120 valence electrons. The molecular formula is C17H25N3O2. The zero-order chi connectivity index (χ0) is 16.2. The number of urea groups is 1. The van der Waals surface area contributed by atoms with E-state index in [9.17, 15) is 9.59 Å². The minimum Gasteiger partial charge on any atom is -0.352 e. The maximum absolute atomic E-state index is 11.8. The molecule has 1 aromatic carbocycles. The predicted octanol–water partition coefficient (Wildman–Crippen LogP) is 1.85. The van der Waals surface area contributed by atoms with Crippen molar-refractivity contribution in [3.63, 3.8) is 0 Å². The molecule has 1 saturated carbocycles. The average Bonchev–Trinajstić information content (AvgIpc) is 3.27. The van der Waals surface area contributed by atoms with E-state index in [1.807, 2.05) is 0 Å². The summed E-state index contributed by atoms with van der Waals surface area (Å²) >= 11 is 0. The van der Waals surface area contributed by atoms with Gasteiger partial charge in [0.15, 0.2) is 0 Å². The summed E-state index contributed by atoms with van der Waals surface area (Å²) in [5, 5.41) is 8.25. The van der Waals surface area contributed by atoms with Crippen molar-refractivity contribution >= 4 is 11.9 Å². The Labute approximate surface area is 131 Å². The fourth-order valence-corrected chi connectivity index (χ4v) is 2.14. The zero-order valence-corrected chi connectivity index (χ0v) is 13.5. The molecule has 5 nitrogen and oxygen atoms in total. The summed E-state index contributed by atoms with van der Waals surface area (Å²) in [6.07, 6.45) is 2.09. The van der Waals surface area contributed by atoms with Gasteiger partial charge in [0, 0.05) is 18.0 Å². The number of rotatable bonds is 6. The normalized spacial score (nSPS) is 14.3. The predicted molar refractivity (Wildman–Crippen MR) is 86.8 cm³/mol. The summed E-state index contributed by atoms with van der Waals surface area (Å²) in [4.78, 5) is 23.3. The number of amides is 3. The summed E-state index contributed by atoms with van der Waals surface area (Å²) in [5.74, 6) is -0.129. The highest BCUT2D eigenvalue weighted by atomic mass is 16.2. The van der Waals surface area contributed by atoms with Crippen molar-refractivity contribution in [2.45, 2.75) is 45.1 Å². The lowest BCUT2D eigenvalue weighted by Gasteiger charge is -2.26. The van der Waals surface area contributed by atoms with Crippen LogP contribution in [0.25, 0.3) is 0 Å². The molecule has 2 rings (SSSR count). The molecule has 0 spiro atoms. The lowest BCUT2D eigenvalue weighted by molar-refractivity contribution is -0.120. The van der Waals surface area contributed by atoms with Crippen LogP contribution in [-0.4, -0.2) is 31.1 Å². The number of aryl methyl sites for hydroxylation is 1. The van der Waals surface area contributed by atoms with Crippen LogP contribution in [0.4, 0.5) is 4.79 Å². The SMILES string of the molecule is Cc1ccc(C(C)(C)CNC(=O)NCC(=O)NC2CC2)cc1. The highest BCUT2D eigenvalue weighted by molar-refractivity contribution is 5.84. The van der Waals surface area contributed by atoms with Crippen LogP contribution in [0.3, 0.4) is 0 Å². The third-order valence-electron chi connectivity index (χ3n) is 3.88.